The van der Waals surface area contributed by atoms with Gasteiger partial charge in [-0.1, -0.05) is 6.07 Å². The minimum atomic E-state index is -1.34. The van der Waals surface area contributed by atoms with Crippen LogP contribution in [0.3, 0.4) is 0 Å². The van der Waals surface area contributed by atoms with E-state index in [1.165, 1.54) is 25.5 Å². The lowest BCUT2D eigenvalue weighted by atomic mass is 10.0. The highest BCUT2D eigenvalue weighted by Gasteiger charge is 2.36. The Labute approximate surface area is 131 Å². The van der Waals surface area contributed by atoms with Gasteiger partial charge in [-0.25, -0.2) is 14.3 Å². The fraction of sp³-hybridized carbons (Fsp3) is 0.429. The molecule has 0 radical (unpaired) electrons. The van der Waals surface area contributed by atoms with Gasteiger partial charge in [0.1, 0.15) is 6.54 Å². The average molecular weight is 322 g/mol. The van der Waals surface area contributed by atoms with E-state index in [0.717, 1.165) is 4.68 Å². The Bertz CT molecular complexity index is 781. The SMILES string of the molecule is COC[C@](C)(NC(=O)Cn1nc2ccccn2c1=O)C(=O)OC. The van der Waals surface area contributed by atoms with Gasteiger partial charge in [-0.15, -0.1) is 5.10 Å². The number of methoxy groups -OCH3 is 2. The number of nitrogens with one attached hydrogen (secondary N) is 1. The third kappa shape index (κ3) is 3.39. The standard InChI is InChI=1S/C14H18N4O5/c1-14(9-22-2,12(20)23-3)15-11(19)8-18-13(21)17-7-5-4-6-10(17)16-18/h4-7H,8-9H2,1-3H3,(H,15,19)/t14-/m0/s1. The highest BCUT2D eigenvalue weighted by Crippen LogP contribution is 2.07. The summed E-state index contributed by atoms with van der Waals surface area (Å²) in [5.41, 5.74) is -1.36. The van der Waals surface area contributed by atoms with Gasteiger partial charge in [0.2, 0.25) is 5.91 Å². The van der Waals surface area contributed by atoms with Crippen molar-refractivity contribution < 1.29 is 19.1 Å². The number of ether oxygens (including phenoxy) is 2. The van der Waals surface area contributed by atoms with E-state index in [1.54, 1.807) is 24.4 Å². The Morgan fingerprint density at radius 1 is 1.35 bits per heavy atom. The van der Waals surface area contributed by atoms with Crippen molar-refractivity contribution >= 4 is 17.5 Å². The van der Waals surface area contributed by atoms with Crippen LogP contribution >= 0.6 is 0 Å². The van der Waals surface area contributed by atoms with Crippen LogP contribution < -0.4 is 11.0 Å². The molecule has 0 aliphatic heterocycles. The number of rotatable bonds is 6. The van der Waals surface area contributed by atoms with Crippen LogP contribution in [0.5, 0.6) is 0 Å². The number of carbonyl (C=O) groups is 2. The predicted octanol–water partition coefficient (Wildman–Crippen LogP) is -0.810. The van der Waals surface area contributed by atoms with Crippen LogP contribution in [0.1, 0.15) is 6.92 Å². The van der Waals surface area contributed by atoms with Crippen molar-refractivity contribution in [1.29, 1.82) is 0 Å². The first-order valence-corrected chi connectivity index (χ1v) is 6.84. The molecule has 2 heterocycles. The van der Waals surface area contributed by atoms with E-state index in [-0.39, 0.29) is 13.2 Å². The summed E-state index contributed by atoms with van der Waals surface area (Å²) in [4.78, 5) is 36.1. The second kappa shape index (κ2) is 6.61. The average Bonchev–Trinajstić information content (AvgIpc) is 2.83. The summed E-state index contributed by atoms with van der Waals surface area (Å²) >= 11 is 0. The smallest absolute Gasteiger partial charge is 0.350 e. The number of hydrogen-bond acceptors (Lipinski definition) is 6. The minimum Gasteiger partial charge on any atom is -0.467 e. The molecule has 0 unspecified atom stereocenters. The Morgan fingerprint density at radius 3 is 2.70 bits per heavy atom. The quantitative estimate of drug-likeness (QED) is 0.698. The second-order valence-electron chi connectivity index (χ2n) is 5.17. The molecule has 9 heteroatoms. The Morgan fingerprint density at radius 2 is 2.09 bits per heavy atom. The van der Waals surface area contributed by atoms with Gasteiger partial charge in [0.05, 0.1) is 13.7 Å². The lowest BCUT2D eigenvalue weighted by Crippen LogP contribution is -2.56. The molecule has 2 rings (SSSR count). The number of aromatic nitrogens is 3. The number of hydrogen-bond donors (Lipinski definition) is 1. The molecule has 2 aromatic heterocycles. The predicted molar refractivity (Wildman–Crippen MR) is 79.9 cm³/mol. The first kappa shape index (κ1) is 16.7. The summed E-state index contributed by atoms with van der Waals surface area (Å²) in [6.45, 7) is 1.09. The van der Waals surface area contributed by atoms with Crippen molar-refractivity contribution in [3.63, 3.8) is 0 Å². The number of pyridine rings is 1. The third-order valence-electron chi connectivity index (χ3n) is 3.27. The van der Waals surface area contributed by atoms with Crippen molar-refractivity contribution in [1.82, 2.24) is 19.5 Å². The van der Waals surface area contributed by atoms with Gasteiger partial charge < -0.3 is 14.8 Å². The highest BCUT2D eigenvalue weighted by molar-refractivity contribution is 5.87. The van der Waals surface area contributed by atoms with E-state index < -0.39 is 23.1 Å². The largest absolute Gasteiger partial charge is 0.467 e. The molecule has 0 aliphatic carbocycles. The molecule has 124 valence electrons. The Balaban J connectivity index is 2.18. The molecular weight excluding hydrogens is 304 g/mol. The maximum absolute atomic E-state index is 12.2. The van der Waals surface area contributed by atoms with E-state index in [0.29, 0.717) is 5.65 Å². The van der Waals surface area contributed by atoms with Crippen LogP contribution in [0, 0.1) is 0 Å². The van der Waals surface area contributed by atoms with E-state index in [2.05, 4.69) is 15.2 Å². The topological polar surface area (TPSA) is 104 Å². The van der Waals surface area contributed by atoms with Gasteiger partial charge >= 0.3 is 11.7 Å². The highest BCUT2D eigenvalue weighted by atomic mass is 16.5. The molecule has 0 aliphatic rings. The normalized spacial score (nSPS) is 13.5. The van der Waals surface area contributed by atoms with E-state index in [9.17, 15) is 14.4 Å². The fourth-order valence-corrected chi connectivity index (χ4v) is 2.21. The van der Waals surface area contributed by atoms with Gasteiger partial charge in [-0.05, 0) is 19.1 Å². The summed E-state index contributed by atoms with van der Waals surface area (Å²) in [6.07, 6.45) is 1.56. The summed E-state index contributed by atoms with van der Waals surface area (Å²) in [7, 11) is 2.62. The van der Waals surface area contributed by atoms with Crippen molar-refractivity contribution in [3.8, 4) is 0 Å². The molecule has 0 spiro atoms. The molecule has 1 atom stereocenters. The van der Waals surface area contributed by atoms with Crippen LogP contribution in [0.15, 0.2) is 29.2 Å². The van der Waals surface area contributed by atoms with Crippen LogP contribution in [-0.2, 0) is 25.6 Å². The molecule has 1 amide bonds. The monoisotopic (exact) mass is 322 g/mol. The molecule has 0 saturated carbocycles. The molecule has 23 heavy (non-hydrogen) atoms. The van der Waals surface area contributed by atoms with Gasteiger partial charge in [0.15, 0.2) is 11.2 Å². The number of carbonyl (C=O) groups excluding carboxylic acids is 2. The maximum atomic E-state index is 12.2. The molecule has 0 fully saturated rings. The van der Waals surface area contributed by atoms with Crippen LogP contribution in [-0.4, -0.2) is 52.4 Å². The van der Waals surface area contributed by atoms with E-state index in [4.69, 9.17) is 4.74 Å². The second-order valence-corrected chi connectivity index (χ2v) is 5.17. The van der Waals surface area contributed by atoms with Gasteiger partial charge in [-0.3, -0.25) is 9.20 Å². The minimum absolute atomic E-state index is 0.0640. The maximum Gasteiger partial charge on any atom is 0.350 e. The van der Waals surface area contributed by atoms with Crippen molar-refractivity contribution in [2.24, 2.45) is 0 Å². The van der Waals surface area contributed by atoms with Crippen LogP contribution in [0.4, 0.5) is 0 Å². The molecule has 0 saturated heterocycles. The lowest BCUT2D eigenvalue weighted by molar-refractivity contribution is -0.152. The molecule has 2 aromatic rings. The van der Waals surface area contributed by atoms with E-state index in [1.807, 2.05) is 0 Å². The molecule has 0 bridgehead atoms. The zero-order valence-electron chi connectivity index (χ0n) is 13.1. The van der Waals surface area contributed by atoms with Crippen molar-refractivity contribution in [2.75, 3.05) is 20.8 Å². The number of esters is 1. The van der Waals surface area contributed by atoms with Gasteiger partial charge in [-0.2, -0.15) is 0 Å². The molecule has 0 aromatic carbocycles. The van der Waals surface area contributed by atoms with Gasteiger partial charge in [0.25, 0.3) is 0 Å². The summed E-state index contributed by atoms with van der Waals surface area (Å²) in [6, 6.07) is 5.08. The van der Waals surface area contributed by atoms with Crippen molar-refractivity contribution in [2.45, 2.75) is 19.0 Å². The summed E-state index contributed by atoms with van der Waals surface area (Å²) in [5.74, 6) is -1.20. The Hall–Kier alpha value is -2.68. The zero-order valence-corrected chi connectivity index (χ0v) is 13.1. The molecule has 9 nitrogen and oxygen atoms in total. The fourth-order valence-electron chi connectivity index (χ4n) is 2.21. The molecule has 1 N–H and O–H groups in total. The zero-order chi connectivity index (χ0) is 17.0. The first-order chi connectivity index (χ1) is 10.9. The van der Waals surface area contributed by atoms with Crippen molar-refractivity contribution in [3.05, 3.63) is 34.9 Å². The number of nitrogens with zero attached hydrogens (tertiary/aromatic N) is 3. The van der Waals surface area contributed by atoms with E-state index >= 15 is 0 Å². The number of amides is 1. The third-order valence-corrected chi connectivity index (χ3v) is 3.27. The number of fused-ring (bicyclic) bond motifs is 1. The molecular formula is C14H18N4O5. The lowest BCUT2D eigenvalue weighted by Gasteiger charge is -2.26. The van der Waals surface area contributed by atoms with Crippen LogP contribution in [0.2, 0.25) is 0 Å². The van der Waals surface area contributed by atoms with Crippen LogP contribution in [0.25, 0.3) is 5.65 Å². The summed E-state index contributed by atoms with van der Waals surface area (Å²) < 4.78 is 12.0. The van der Waals surface area contributed by atoms with Gasteiger partial charge in [0, 0.05) is 13.3 Å². The Kier molecular flexibility index (Phi) is 4.80. The first-order valence-electron chi connectivity index (χ1n) is 6.84. The summed E-state index contributed by atoms with van der Waals surface area (Å²) in [5, 5.41) is 6.57.